The van der Waals surface area contributed by atoms with E-state index in [1.807, 2.05) is 24.1 Å². The summed E-state index contributed by atoms with van der Waals surface area (Å²) in [6, 6.07) is 3.73. The van der Waals surface area contributed by atoms with Crippen LogP contribution in [0.5, 0.6) is 0 Å². The van der Waals surface area contributed by atoms with Crippen LogP contribution in [0.4, 0.5) is 11.5 Å². The lowest BCUT2D eigenvalue weighted by atomic mass is 10.3. The van der Waals surface area contributed by atoms with Crippen LogP contribution < -0.4 is 10.6 Å². The molecule has 0 saturated heterocycles. The highest BCUT2D eigenvalue weighted by Crippen LogP contribution is 2.24. The lowest BCUT2D eigenvalue weighted by molar-refractivity contribution is 0.507. The number of anilines is 2. The van der Waals surface area contributed by atoms with Crippen LogP contribution in [0.1, 0.15) is 11.5 Å². The molecule has 2 rings (SSSR count). The van der Waals surface area contributed by atoms with E-state index in [0.29, 0.717) is 23.7 Å². The van der Waals surface area contributed by atoms with Crippen LogP contribution in [0.2, 0.25) is 5.28 Å². The summed E-state index contributed by atoms with van der Waals surface area (Å²) >= 11 is 5.82. The molecule has 0 aliphatic carbocycles. The Morgan fingerprint density at radius 2 is 2.24 bits per heavy atom. The maximum Gasteiger partial charge on any atom is 0.224 e. The average molecular weight is 253 g/mol. The number of hydrogen-bond donors (Lipinski definition) is 1. The van der Waals surface area contributed by atoms with Crippen molar-refractivity contribution in [2.24, 2.45) is 0 Å². The van der Waals surface area contributed by atoms with Gasteiger partial charge in [0.25, 0.3) is 0 Å². The highest BCUT2D eigenvalue weighted by Gasteiger charge is 2.13. The van der Waals surface area contributed by atoms with Gasteiger partial charge in [-0.2, -0.15) is 4.98 Å². The van der Waals surface area contributed by atoms with Gasteiger partial charge in [-0.25, -0.2) is 4.98 Å². The minimum Gasteiger partial charge on any atom is -0.467 e. The maximum atomic E-state index is 5.93. The Labute approximate surface area is 104 Å². The van der Waals surface area contributed by atoms with Crippen molar-refractivity contribution in [3.63, 3.8) is 0 Å². The largest absolute Gasteiger partial charge is 0.467 e. The normalized spacial score (nSPS) is 10.5. The third-order valence-corrected chi connectivity index (χ3v) is 2.59. The van der Waals surface area contributed by atoms with Crippen LogP contribution in [0.15, 0.2) is 22.8 Å². The van der Waals surface area contributed by atoms with E-state index in [2.05, 4.69) is 9.97 Å². The quantitative estimate of drug-likeness (QED) is 0.849. The molecule has 2 aromatic rings. The van der Waals surface area contributed by atoms with Crippen LogP contribution in [-0.4, -0.2) is 17.0 Å². The first-order valence-electron chi connectivity index (χ1n) is 5.11. The molecule has 0 fully saturated rings. The molecule has 0 unspecified atom stereocenters. The second-order valence-corrected chi connectivity index (χ2v) is 4.09. The summed E-state index contributed by atoms with van der Waals surface area (Å²) in [6.45, 7) is 2.37. The van der Waals surface area contributed by atoms with Gasteiger partial charge in [0.05, 0.1) is 24.2 Å². The van der Waals surface area contributed by atoms with Gasteiger partial charge in [0.15, 0.2) is 5.82 Å². The molecule has 0 aliphatic heterocycles. The summed E-state index contributed by atoms with van der Waals surface area (Å²) in [4.78, 5) is 9.99. The number of nitrogens with zero attached hydrogens (tertiary/aromatic N) is 3. The minimum absolute atomic E-state index is 0.193. The van der Waals surface area contributed by atoms with Gasteiger partial charge in [-0.15, -0.1) is 0 Å². The molecule has 5 nitrogen and oxygen atoms in total. The van der Waals surface area contributed by atoms with Crippen LogP contribution in [0.3, 0.4) is 0 Å². The highest BCUT2D eigenvalue weighted by atomic mass is 35.5. The van der Waals surface area contributed by atoms with E-state index in [1.54, 1.807) is 13.2 Å². The molecular formula is C11H13ClN4O. The fourth-order valence-corrected chi connectivity index (χ4v) is 1.74. The zero-order chi connectivity index (χ0) is 12.4. The van der Waals surface area contributed by atoms with Crippen molar-refractivity contribution in [3.8, 4) is 0 Å². The van der Waals surface area contributed by atoms with Crippen LogP contribution >= 0.6 is 11.6 Å². The first kappa shape index (κ1) is 11.7. The van der Waals surface area contributed by atoms with E-state index in [0.717, 1.165) is 5.76 Å². The molecule has 17 heavy (non-hydrogen) atoms. The van der Waals surface area contributed by atoms with Gasteiger partial charge in [-0.3, -0.25) is 0 Å². The molecular weight excluding hydrogens is 240 g/mol. The predicted molar refractivity (Wildman–Crippen MR) is 67.0 cm³/mol. The number of nitrogens with two attached hydrogens (primary N) is 1. The van der Waals surface area contributed by atoms with E-state index < -0.39 is 0 Å². The second-order valence-electron chi connectivity index (χ2n) is 3.75. The van der Waals surface area contributed by atoms with Crippen LogP contribution in [0.25, 0.3) is 0 Å². The van der Waals surface area contributed by atoms with E-state index in [4.69, 9.17) is 21.8 Å². The number of aryl methyl sites for hydroxylation is 1. The Bertz CT molecular complexity index is 512. The number of halogens is 1. The SMILES string of the molecule is Cc1nc(Cl)nc(N(C)Cc2ccco2)c1N. The molecule has 0 amide bonds. The molecule has 0 radical (unpaired) electrons. The van der Waals surface area contributed by atoms with Gasteiger partial charge in [-0.1, -0.05) is 0 Å². The van der Waals surface area contributed by atoms with Crippen molar-refractivity contribution in [1.29, 1.82) is 0 Å². The van der Waals surface area contributed by atoms with Crippen molar-refractivity contribution in [3.05, 3.63) is 35.1 Å². The summed E-state index contributed by atoms with van der Waals surface area (Å²) in [5, 5.41) is 0.193. The minimum atomic E-state index is 0.193. The van der Waals surface area contributed by atoms with Gasteiger partial charge in [0.2, 0.25) is 5.28 Å². The van der Waals surface area contributed by atoms with E-state index in [9.17, 15) is 0 Å². The fourth-order valence-electron chi connectivity index (χ4n) is 1.54. The Kier molecular flexibility index (Phi) is 3.19. The van der Waals surface area contributed by atoms with E-state index >= 15 is 0 Å². The first-order chi connectivity index (χ1) is 8.08. The molecule has 2 N–H and O–H groups in total. The zero-order valence-corrected chi connectivity index (χ0v) is 10.4. The third-order valence-electron chi connectivity index (χ3n) is 2.42. The molecule has 0 aromatic carbocycles. The molecule has 0 atom stereocenters. The summed E-state index contributed by atoms with van der Waals surface area (Å²) in [5.41, 5.74) is 7.13. The number of aromatic nitrogens is 2. The lowest BCUT2D eigenvalue weighted by Crippen LogP contribution is -2.20. The van der Waals surface area contributed by atoms with Crippen molar-refractivity contribution in [1.82, 2.24) is 9.97 Å². The summed E-state index contributed by atoms with van der Waals surface area (Å²) in [7, 11) is 1.87. The highest BCUT2D eigenvalue weighted by molar-refractivity contribution is 6.28. The summed E-state index contributed by atoms with van der Waals surface area (Å²) in [6.07, 6.45) is 1.63. The lowest BCUT2D eigenvalue weighted by Gasteiger charge is -2.19. The standard InChI is InChI=1S/C11H13ClN4O/c1-7-9(13)10(15-11(12)14-7)16(2)6-8-4-3-5-17-8/h3-5H,6,13H2,1-2H3. The van der Waals surface area contributed by atoms with Crippen molar-refractivity contribution in [2.75, 3.05) is 17.7 Å². The van der Waals surface area contributed by atoms with E-state index in [1.165, 1.54) is 0 Å². The maximum absolute atomic E-state index is 5.93. The number of hydrogen-bond acceptors (Lipinski definition) is 5. The van der Waals surface area contributed by atoms with Gasteiger partial charge < -0.3 is 15.1 Å². The molecule has 0 aliphatic rings. The smallest absolute Gasteiger partial charge is 0.224 e. The summed E-state index contributed by atoms with van der Waals surface area (Å²) < 4.78 is 5.27. The van der Waals surface area contributed by atoms with Crippen molar-refractivity contribution >= 4 is 23.1 Å². The zero-order valence-electron chi connectivity index (χ0n) is 9.64. The molecule has 6 heteroatoms. The van der Waals surface area contributed by atoms with Crippen LogP contribution in [0, 0.1) is 6.92 Å². The monoisotopic (exact) mass is 252 g/mol. The molecule has 0 bridgehead atoms. The molecule has 90 valence electrons. The second kappa shape index (κ2) is 4.63. The first-order valence-corrected chi connectivity index (χ1v) is 5.49. The molecule has 2 aromatic heterocycles. The molecule has 0 spiro atoms. The average Bonchev–Trinajstić information content (AvgIpc) is 2.76. The van der Waals surface area contributed by atoms with Crippen LogP contribution in [-0.2, 0) is 6.54 Å². The molecule has 2 heterocycles. The van der Waals surface area contributed by atoms with Gasteiger partial charge in [0, 0.05) is 7.05 Å². The Morgan fingerprint density at radius 1 is 1.47 bits per heavy atom. The molecule has 0 saturated carbocycles. The fraction of sp³-hybridized carbons (Fsp3) is 0.273. The summed E-state index contributed by atoms with van der Waals surface area (Å²) in [5.74, 6) is 1.44. The van der Waals surface area contributed by atoms with Gasteiger partial charge >= 0.3 is 0 Å². The number of furan rings is 1. The number of rotatable bonds is 3. The van der Waals surface area contributed by atoms with Crippen molar-refractivity contribution < 1.29 is 4.42 Å². The third kappa shape index (κ3) is 2.50. The Balaban J connectivity index is 2.27. The topological polar surface area (TPSA) is 68.2 Å². The van der Waals surface area contributed by atoms with E-state index in [-0.39, 0.29) is 5.28 Å². The number of nitrogen functional groups attached to an aromatic ring is 1. The van der Waals surface area contributed by atoms with Crippen molar-refractivity contribution in [2.45, 2.75) is 13.5 Å². The van der Waals surface area contributed by atoms with Gasteiger partial charge in [-0.05, 0) is 30.7 Å². The Morgan fingerprint density at radius 3 is 2.88 bits per heavy atom. The predicted octanol–water partition coefficient (Wildman–Crippen LogP) is 2.25. The van der Waals surface area contributed by atoms with Gasteiger partial charge in [0.1, 0.15) is 5.76 Å². The Hall–Kier alpha value is -1.75.